The van der Waals surface area contributed by atoms with Crippen LogP contribution in [0.5, 0.6) is 5.75 Å². The number of carbonyl (C=O) groups excluding carboxylic acids is 3. The van der Waals surface area contributed by atoms with Gasteiger partial charge in [-0.3, -0.25) is 14.4 Å². The third-order valence-corrected chi connectivity index (χ3v) is 6.23. The van der Waals surface area contributed by atoms with E-state index in [1.807, 2.05) is 0 Å². The Morgan fingerprint density at radius 3 is 2.12 bits per heavy atom. The number of rotatable bonds is 7. The highest BCUT2D eigenvalue weighted by atomic mass is 19.1. The zero-order valence-electron chi connectivity index (χ0n) is 18.6. The Kier molecular flexibility index (Phi) is 6.91. The first kappa shape index (κ1) is 22.8. The molecule has 1 unspecified atom stereocenters. The maximum absolute atomic E-state index is 13.2. The van der Waals surface area contributed by atoms with Crippen LogP contribution in [0, 0.1) is 11.7 Å². The lowest BCUT2D eigenvalue weighted by molar-refractivity contribution is -0.124. The van der Waals surface area contributed by atoms with Gasteiger partial charge in [0.2, 0.25) is 5.91 Å². The number of halogens is 1. The van der Waals surface area contributed by atoms with Gasteiger partial charge in [-0.1, -0.05) is 0 Å². The molecule has 33 heavy (non-hydrogen) atoms. The highest BCUT2D eigenvalue weighted by Crippen LogP contribution is 2.25. The first-order valence-corrected chi connectivity index (χ1v) is 11.2. The van der Waals surface area contributed by atoms with E-state index in [1.54, 1.807) is 36.3 Å². The molecule has 1 heterocycles. The number of hydrogen-bond donors (Lipinski definition) is 2. The number of methoxy groups -OCH3 is 1. The topological polar surface area (TPSA) is 87.7 Å². The summed E-state index contributed by atoms with van der Waals surface area (Å²) in [6, 6.07) is 11.7. The molecule has 1 aliphatic carbocycles. The van der Waals surface area contributed by atoms with Crippen LogP contribution in [-0.2, 0) is 4.79 Å². The number of nitrogens with zero attached hydrogens (tertiary/aromatic N) is 1. The predicted molar refractivity (Wildman–Crippen MR) is 120 cm³/mol. The van der Waals surface area contributed by atoms with Gasteiger partial charge in [-0.05, 0) is 80.1 Å². The molecule has 1 aliphatic heterocycles. The molecular formula is C25H28FN3O4. The normalized spacial score (nSPS) is 17.2. The molecule has 1 atom stereocenters. The van der Waals surface area contributed by atoms with Crippen LogP contribution in [0.2, 0.25) is 0 Å². The molecule has 3 amide bonds. The molecule has 7 nitrogen and oxygen atoms in total. The highest BCUT2D eigenvalue weighted by molar-refractivity contribution is 5.98. The van der Waals surface area contributed by atoms with Crippen molar-refractivity contribution < 1.29 is 23.5 Å². The van der Waals surface area contributed by atoms with Gasteiger partial charge in [-0.2, -0.15) is 0 Å². The molecule has 8 heteroatoms. The Bertz CT molecular complexity index is 997. The SMILES string of the molecule is COc1ccc(C(=O)NC(C(=O)NC2CC2)C2CCN(C(=O)c3ccc(F)cc3)CC2)cc1. The smallest absolute Gasteiger partial charge is 0.253 e. The van der Waals surface area contributed by atoms with E-state index < -0.39 is 6.04 Å². The number of carbonyl (C=O) groups is 3. The number of benzene rings is 2. The summed E-state index contributed by atoms with van der Waals surface area (Å²) < 4.78 is 18.3. The minimum Gasteiger partial charge on any atom is -0.497 e. The zero-order chi connectivity index (χ0) is 23.4. The van der Waals surface area contributed by atoms with E-state index in [0.29, 0.717) is 42.8 Å². The highest BCUT2D eigenvalue weighted by Gasteiger charge is 2.36. The summed E-state index contributed by atoms with van der Waals surface area (Å²) in [4.78, 5) is 40.3. The molecule has 0 radical (unpaired) electrons. The minimum absolute atomic E-state index is 0.0942. The van der Waals surface area contributed by atoms with Crippen molar-refractivity contribution in [2.75, 3.05) is 20.2 Å². The van der Waals surface area contributed by atoms with Gasteiger partial charge in [0.05, 0.1) is 7.11 Å². The first-order chi connectivity index (χ1) is 15.9. The van der Waals surface area contributed by atoms with Gasteiger partial charge in [-0.25, -0.2) is 4.39 Å². The van der Waals surface area contributed by atoms with E-state index in [9.17, 15) is 18.8 Å². The Hall–Kier alpha value is -3.42. The molecule has 0 spiro atoms. The Balaban J connectivity index is 1.41. The van der Waals surface area contributed by atoms with E-state index in [2.05, 4.69) is 10.6 Å². The van der Waals surface area contributed by atoms with Gasteiger partial charge in [0, 0.05) is 30.3 Å². The van der Waals surface area contributed by atoms with Crippen LogP contribution in [-0.4, -0.2) is 54.9 Å². The average molecular weight is 454 g/mol. The lowest BCUT2D eigenvalue weighted by Gasteiger charge is -2.36. The molecule has 2 fully saturated rings. The largest absolute Gasteiger partial charge is 0.497 e. The summed E-state index contributed by atoms with van der Waals surface area (Å²) in [5.74, 6) is -0.492. The van der Waals surface area contributed by atoms with Gasteiger partial charge in [0.15, 0.2) is 0 Å². The molecule has 174 valence electrons. The van der Waals surface area contributed by atoms with Crippen molar-refractivity contribution >= 4 is 17.7 Å². The second-order valence-electron chi connectivity index (χ2n) is 8.60. The second kappa shape index (κ2) is 10.0. The van der Waals surface area contributed by atoms with Crippen molar-refractivity contribution in [1.82, 2.24) is 15.5 Å². The van der Waals surface area contributed by atoms with Crippen molar-refractivity contribution in [3.05, 3.63) is 65.5 Å². The minimum atomic E-state index is -0.678. The fourth-order valence-corrected chi connectivity index (χ4v) is 4.09. The molecule has 0 aromatic heterocycles. The van der Waals surface area contributed by atoms with Gasteiger partial charge in [0.1, 0.15) is 17.6 Å². The van der Waals surface area contributed by atoms with E-state index in [1.165, 1.54) is 24.3 Å². The molecular weight excluding hydrogens is 425 g/mol. The molecule has 2 aromatic rings. The number of hydrogen-bond acceptors (Lipinski definition) is 4. The lowest BCUT2D eigenvalue weighted by atomic mass is 9.88. The molecule has 1 saturated carbocycles. The van der Waals surface area contributed by atoms with Gasteiger partial charge in [-0.15, -0.1) is 0 Å². The summed E-state index contributed by atoms with van der Waals surface area (Å²) in [6.07, 6.45) is 3.07. The van der Waals surface area contributed by atoms with Crippen LogP contribution in [0.3, 0.4) is 0 Å². The maximum atomic E-state index is 13.2. The molecule has 2 N–H and O–H groups in total. The summed E-state index contributed by atoms with van der Waals surface area (Å²) >= 11 is 0. The van der Waals surface area contributed by atoms with Crippen LogP contribution in [0.15, 0.2) is 48.5 Å². The van der Waals surface area contributed by atoms with Gasteiger partial charge in [0.25, 0.3) is 11.8 Å². The third kappa shape index (κ3) is 5.69. The maximum Gasteiger partial charge on any atom is 0.253 e. The molecule has 2 aliphatic rings. The quantitative estimate of drug-likeness (QED) is 0.675. The van der Waals surface area contributed by atoms with Gasteiger partial charge >= 0.3 is 0 Å². The fraction of sp³-hybridized carbons (Fsp3) is 0.400. The molecule has 1 saturated heterocycles. The van der Waals surface area contributed by atoms with E-state index in [4.69, 9.17) is 4.74 Å². The Morgan fingerprint density at radius 1 is 0.939 bits per heavy atom. The molecule has 2 aromatic carbocycles. The summed E-state index contributed by atoms with van der Waals surface area (Å²) in [6.45, 7) is 0.930. The van der Waals surface area contributed by atoms with Crippen molar-refractivity contribution in [2.45, 2.75) is 37.8 Å². The predicted octanol–water partition coefficient (Wildman–Crippen LogP) is 2.76. The number of nitrogens with one attached hydrogen (secondary N) is 2. The Morgan fingerprint density at radius 2 is 1.55 bits per heavy atom. The number of ether oxygens (including phenoxy) is 1. The van der Waals surface area contributed by atoms with Crippen LogP contribution in [0.1, 0.15) is 46.4 Å². The third-order valence-electron chi connectivity index (χ3n) is 6.23. The second-order valence-corrected chi connectivity index (χ2v) is 8.60. The zero-order valence-corrected chi connectivity index (χ0v) is 18.6. The van der Waals surface area contributed by atoms with Crippen LogP contribution < -0.4 is 15.4 Å². The van der Waals surface area contributed by atoms with Crippen molar-refractivity contribution in [1.29, 1.82) is 0 Å². The fourth-order valence-electron chi connectivity index (χ4n) is 4.09. The molecule has 4 rings (SSSR count). The number of amides is 3. The number of piperidine rings is 1. The van der Waals surface area contributed by atoms with E-state index in [0.717, 1.165) is 12.8 Å². The monoisotopic (exact) mass is 453 g/mol. The van der Waals surface area contributed by atoms with Crippen LogP contribution in [0.4, 0.5) is 4.39 Å². The van der Waals surface area contributed by atoms with Crippen LogP contribution in [0.25, 0.3) is 0 Å². The number of likely N-dealkylation sites (tertiary alicyclic amines) is 1. The Labute approximate surface area is 192 Å². The van der Waals surface area contributed by atoms with Crippen LogP contribution >= 0.6 is 0 Å². The first-order valence-electron chi connectivity index (χ1n) is 11.2. The van der Waals surface area contributed by atoms with Crippen molar-refractivity contribution in [2.24, 2.45) is 5.92 Å². The summed E-state index contributed by atoms with van der Waals surface area (Å²) in [5, 5.41) is 5.92. The van der Waals surface area contributed by atoms with Crippen molar-refractivity contribution in [3.8, 4) is 5.75 Å². The average Bonchev–Trinajstić information content (AvgIpc) is 3.66. The van der Waals surface area contributed by atoms with Gasteiger partial charge < -0.3 is 20.3 Å². The van der Waals surface area contributed by atoms with Crippen molar-refractivity contribution in [3.63, 3.8) is 0 Å². The molecule has 0 bridgehead atoms. The van der Waals surface area contributed by atoms with E-state index >= 15 is 0 Å². The lowest BCUT2D eigenvalue weighted by Crippen LogP contribution is -2.54. The standard InChI is InChI=1S/C25H28FN3O4/c1-33-21-10-4-17(5-11-21)23(30)28-22(24(31)27-20-8-9-20)16-12-14-29(15-13-16)25(32)18-2-6-19(26)7-3-18/h2-7,10-11,16,20,22H,8-9,12-15H2,1H3,(H,27,31)(H,28,30). The summed E-state index contributed by atoms with van der Waals surface area (Å²) in [5.41, 5.74) is 0.884. The van der Waals surface area contributed by atoms with E-state index in [-0.39, 0.29) is 35.5 Å². The summed E-state index contributed by atoms with van der Waals surface area (Å²) in [7, 11) is 1.56.